The van der Waals surface area contributed by atoms with Gasteiger partial charge in [0, 0.05) is 18.2 Å². The summed E-state index contributed by atoms with van der Waals surface area (Å²) < 4.78 is 28.1. The number of hydrogen-bond donors (Lipinski definition) is 0. The van der Waals surface area contributed by atoms with Crippen LogP contribution in [0.5, 0.6) is 0 Å². The van der Waals surface area contributed by atoms with Crippen molar-refractivity contribution < 1.29 is 8.78 Å². The molecule has 0 radical (unpaired) electrons. The maximum absolute atomic E-state index is 14.0. The van der Waals surface area contributed by atoms with Crippen molar-refractivity contribution in [3.05, 3.63) is 33.8 Å². The lowest BCUT2D eigenvalue weighted by Crippen LogP contribution is -2.33. The van der Waals surface area contributed by atoms with E-state index in [2.05, 4.69) is 41.6 Å². The fraction of sp³-hybridized carbons (Fsp3) is 0.600. The number of hydrogen-bond acceptors (Lipinski definition) is 1. The van der Waals surface area contributed by atoms with E-state index >= 15 is 0 Å². The van der Waals surface area contributed by atoms with Crippen molar-refractivity contribution in [2.24, 2.45) is 0 Å². The highest BCUT2D eigenvalue weighted by Crippen LogP contribution is 2.24. The van der Waals surface area contributed by atoms with Gasteiger partial charge >= 0.3 is 0 Å². The van der Waals surface area contributed by atoms with Crippen LogP contribution in [0.15, 0.2) is 16.6 Å². The Balaban J connectivity index is 2.92. The van der Waals surface area contributed by atoms with Gasteiger partial charge in [-0.1, -0.05) is 20.3 Å². The first kappa shape index (κ1) is 16.6. The summed E-state index contributed by atoms with van der Waals surface area (Å²) >= 11 is 3.12. The summed E-state index contributed by atoms with van der Waals surface area (Å²) in [5.41, 5.74) is 0.158. The van der Waals surface area contributed by atoms with Gasteiger partial charge in [-0.15, -0.1) is 0 Å². The Bertz CT molecular complexity index is 409. The number of benzene rings is 1. The van der Waals surface area contributed by atoms with Gasteiger partial charge in [-0.05, 0) is 54.4 Å². The normalized spacial score (nSPS) is 13.0. The lowest BCUT2D eigenvalue weighted by molar-refractivity contribution is 0.187. The van der Waals surface area contributed by atoms with Crippen LogP contribution in [-0.2, 0) is 6.54 Å². The molecule has 1 rings (SSSR count). The van der Waals surface area contributed by atoms with Crippen molar-refractivity contribution in [2.75, 3.05) is 6.54 Å². The molecule has 1 atom stereocenters. The molecular weight excluding hydrogens is 312 g/mol. The molecule has 0 saturated carbocycles. The van der Waals surface area contributed by atoms with Gasteiger partial charge in [0.15, 0.2) is 0 Å². The molecule has 4 heteroatoms. The van der Waals surface area contributed by atoms with Crippen LogP contribution in [0.2, 0.25) is 0 Å². The SMILES string of the molecule is CCCCN(Cc1c(F)ccc(Br)c1F)C(C)CC. The first-order chi connectivity index (χ1) is 9.01. The Hall–Kier alpha value is -0.480. The summed E-state index contributed by atoms with van der Waals surface area (Å²) in [4.78, 5) is 2.15. The van der Waals surface area contributed by atoms with Crippen LogP contribution in [0, 0.1) is 11.6 Å². The molecule has 0 aliphatic rings. The van der Waals surface area contributed by atoms with Gasteiger partial charge in [0.25, 0.3) is 0 Å². The van der Waals surface area contributed by atoms with Crippen molar-refractivity contribution in [3.63, 3.8) is 0 Å². The molecule has 1 aromatic carbocycles. The van der Waals surface area contributed by atoms with Crippen LogP contribution in [0.25, 0.3) is 0 Å². The van der Waals surface area contributed by atoms with E-state index in [-0.39, 0.29) is 5.56 Å². The van der Waals surface area contributed by atoms with E-state index < -0.39 is 11.6 Å². The maximum atomic E-state index is 14.0. The number of halogens is 3. The number of nitrogens with zero attached hydrogens (tertiary/aromatic N) is 1. The fourth-order valence-electron chi connectivity index (χ4n) is 1.99. The van der Waals surface area contributed by atoms with Crippen molar-refractivity contribution in [1.82, 2.24) is 4.90 Å². The first-order valence-electron chi connectivity index (χ1n) is 6.87. The van der Waals surface area contributed by atoms with Crippen LogP contribution >= 0.6 is 15.9 Å². The molecule has 0 spiro atoms. The predicted molar refractivity (Wildman–Crippen MR) is 79.1 cm³/mol. The van der Waals surface area contributed by atoms with Gasteiger partial charge in [-0.2, -0.15) is 0 Å². The zero-order valence-electron chi connectivity index (χ0n) is 11.8. The first-order valence-corrected chi connectivity index (χ1v) is 7.66. The fourth-order valence-corrected chi connectivity index (χ4v) is 2.36. The predicted octanol–water partition coefficient (Wildman–Crippen LogP) is 5.13. The Morgan fingerprint density at radius 1 is 1.26 bits per heavy atom. The van der Waals surface area contributed by atoms with Gasteiger partial charge in [-0.3, -0.25) is 4.90 Å². The summed E-state index contributed by atoms with van der Waals surface area (Å²) in [6, 6.07) is 3.05. The third-order valence-electron chi connectivity index (χ3n) is 3.51. The lowest BCUT2D eigenvalue weighted by atomic mass is 10.1. The smallest absolute Gasteiger partial charge is 0.144 e. The Labute approximate surface area is 123 Å². The van der Waals surface area contributed by atoms with Crippen molar-refractivity contribution in [1.29, 1.82) is 0 Å². The summed E-state index contributed by atoms with van der Waals surface area (Å²) in [7, 11) is 0. The second kappa shape index (κ2) is 7.95. The zero-order valence-corrected chi connectivity index (χ0v) is 13.4. The molecule has 0 amide bonds. The molecule has 0 aliphatic carbocycles. The molecule has 0 bridgehead atoms. The minimum Gasteiger partial charge on any atom is -0.296 e. The molecule has 1 unspecified atom stereocenters. The summed E-state index contributed by atoms with van der Waals surface area (Å²) in [5, 5.41) is 0. The third-order valence-corrected chi connectivity index (χ3v) is 4.13. The van der Waals surface area contributed by atoms with E-state index in [0.717, 1.165) is 25.8 Å². The van der Waals surface area contributed by atoms with Crippen LogP contribution < -0.4 is 0 Å². The largest absolute Gasteiger partial charge is 0.296 e. The van der Waals surface area contributed by atoms with Crippen molar-refractivity contribution in [3.8, 4) is 0 Å². The van der Waals surface area contributed by atoms with E-state index in [9.17, 15) is 8.78 Å². The zero-order chi connectivity index (χ0) is 14.4. The topological polar surface area (TPSA) is 3.24 Å². The third kappa shape index (κ3) is 4.53. The Kier molecular flexibility index (Phi) is 6.94. The quantitative estimate of drug-likeness (QED) is 0.625. The molecule has 0 heterocycles. The highest BCUT2D eigenvalue weighted by atomic mass is 79.9. The summed E-state index contributed by atoms with van der Waals surface area (Å²) in [5.74, 6) is -0.949. The molecular formula is C15H22BrF2N. The van der Waals surface area contributed by atoms with Crippen LogP contribution in [-0.4, -0.2) is 17.5 Å². The van der Waals surface area contributed by atoms with Gasteiger partial charge in [0.05, 0.1) is 4.47 Å². The molecule has 0 N–H and O–H groups in total. The maximum Gasteiger partial charge on any atom is 0.144 e. The van der Waals surface area contributed by atoms with Gasteiger partial charge in [0.1, 0.15) is 11.6 Å². The number of rotatable bonds is 7. The van der Waals surface area contributed by atoms with Crippen molar-refractivity contribution >= 4 is 15.9 Å². The molecule has 19 heavy (non-hydrogen) atoms. The van der Waals surface area contributed by atoms with Gasteiger partial charge < -0.3 is 0 Å². The monoisotopic (exact) mass is 333 g/mol. The van der Waals surface area contributed by atoms with E-state index in [1.165, 1.54) is 12.1 Å². The Morgan fingerprint density at radius 2 is 1.95 bits per heavy atom. The summed E-state index contributed by atoms with van der Waals surface area (Å²) in [6.45, 7) is 7.51. The minimum absolute atomic E-state index is 0.158. The van der Waals surface area contributed by atoms with Crippen molar-refractivity contribution in [2.45, 2.75) is 52.6 Å². The molecule has 108 valence electrons. The number of unbranched alkanes of at least 4 members (excludes halogenated alkanes) is 1. The molecule has 1 aromatic rings. The van der Waals surface area contributed by atoms with Crippen LogP contribution in [0.1, 0.15) is 45.6 Å². The average molecular weight is 334 g/mol. The molecule has 0 saturated heterocycles. The van der Waals surface area contributed by atoms with Gasteiger partial charge in [-0.25, -0.2) is 8.78 Å². The summed E-state index contributed by atoms with van der Waals surface area (Å²) in [6.07, 6.45) is 3.10. The molecule has 1 nitrogen and oxygen atoms in total. The molecule has 0 fully saturated rings. The van der Waals surface area contributed by atoms with Crippen LogP contribution in [0.3, 0.4) is 0 Å². The highest BCUT2D eigenvalue weighted by molar-refractivity contribution is 9.10. The van der Waals surface area contributed by atoms with E-state index in [1.807, 2.05) is 0 Å². The molecule has 0 aromatic heterocycles. The Morgan fingerprint density at radius 3 is 2.53 bits per heavy atom. The minimum atomic E-state index is -0.482. The second-order valence-electron chi connectivity index (χ2n) is 4.90. The standard InChI is InChI=1S/C15H22BrF2N/c1-4-6-9-19(11(3)5-2)10-12-14(17)8-7-13(16)15(12)18/h7-8,11H,4-6,9-10H2,1-3H3. The lowest BCUT2D eigenvalue weighted by Gasteiger charge is -2.28. The highest BCUT2D eigenvalue weighted by Gasteiger charge is 2.18. The second-order valence-corrected chi connectivity index (χ2v) is 5.76. The van der Waals surface area contributed by atoms with E-state index in [0.29, 0.717) is 17.1 Å². The van der Waals surface area contributed by atoms with E-state index in [1.54, 1.807) is 0 Å². The average Bonchev–Trinajstić information content (AvgIpc) is 2.41. The molecule has 0 aliphatic heterocycles. The van der Waals surface area contributed by atoms with Crippen LogP contribution in [0.4, 0.5) is 8.78 Å². The van der Waals surface area contributed by atoms with E-state index in [4.69, 9.17) is 0 Å². The van der Waals surface area contributed by atoms with Gasteiger partial charge in [0.2, 0.25) is 0 Å².